The molecule has 3 aromatic rings. The van der Waals surface area contributed by atoms with Crippen molar-refractivity contribution < 1.29 is 4.79 Å². The number of anilines is 2. The minimum absolute atomic E-state index is 0.128. The maximum Gasteiger partial charge on any atom is 0.263 e. The summed E-state index contributed by atoms with van der Waals surface area (Å²) in [6.45, 7) is 8.23. The summed E-state index contributed by atoms with van der Waals surface area (Å²) >= 11 is 3.40. The molecule has 1 aromatic carbocycles. The molecule has 8 nitrogen and oxygen atoms in total. The van der Waals surface area contributed by atoms with E-state index in [2.05, 4.69) is 41.6 Å². The van der Waals surface area contributed by atoms with Crippen LogP contribution in [0.4, 0.5) is 11.6 Å². The number of hydrogen-bond donors (Lipinski definition) is 3. The van der Waals surface area contributed by atoms with E-state index in [9.17, 15) is 9.59 Å². The second-order valence-electron chi connectivity index (χ2n) is 7.56. The van der Waals surface area contributed by atoms with E-state index in [1.165, 1.54) is 6.20 Å². The minimum Gasteiger partial charge on any atom is -0.355 e. The van der Waals surface area contributed by atoms with Gasteiger partial charge in [-0.2, -0.15) is 10.1 Å². The monoisotopic (exact) mass is 446 g/mol. The number of carbonyl (C=O) groups excluding carboxylic acids is 1. The number of aryl methyl sites for hydroxylation is 1. The molecular weight excluding hydrogens is 424 g/mol. The van der Waals surface area contributed by atoms with Crippen molar-refractivity contribution in [2.75, 3.05) is 17.2 Å². The summed E-state index contributed by atoms with van der Waals surface area (Å²) in [5.41, 5.74) is 1.68. The van der Waals surface area contributed by atoms with Crippen molar-refractivity contribution in [3.63, 3.8) is 0 Å². The minimum atomic E-state index is -0.304. The topological polar surface area (TPSA) is 105 Å². The van der Waals surface area contributed by atoms with E-state index >= 15 is 0 Å². The average Bonchev–Trinajstić information content (AvgIpc) is 3.03. The van der Waals surface area contributed by atoms with Crippen LogP contribution in [0.3, 0.4) is 0 Å². The fourth-order valence-electron chi connectivity index (χ4n) is 2.73. The molecule has 0 atom stereocenters. The summed E-state index contributed by atoms with van der Waals surface area (Å²) in [6, 6.07) is 5.72. The molecule has 0 radical (unpaired) electrons. The highest BCUT2D eigenvalue weighted by Crippen LogP contribution is 2.21. The Labute approximate surface area is 170 Å². The predicted molar refractivity (Wildman–Crippen MR) is 114 cm³/mol. The van der Waals surface area contributed by atoms with Crippen LogP contribution in [0, 0.1) is 6.92 Å². The molecule has 9 heteroatoms. The number of H-pyrrole nitrogens is 1. The number of nitrogens with one attached hydrogen (secondary N) is 3. The van der Waals surface area contributed by atoms with Crippen LogP contribution in [-0.2, 0) is 10.3 Å². The van der Waals surface area contributed by atoms with Crippen molar-refractivity contribution in [2.45, 2.75) is 39.7 Å². The number of fused-ring (bicyclic) bond motifs is 1. The van der Waals surface area contributed by atoms with Crippen LogP contribution in [0.15, 0.2) is 33.7 Å². The summed E-state index contributed by atoms with van der Waals surface area (Å²) in [5, 5.41) is 10.6. The number of halogens is 1. The van der Waals surface area contributed by atoms with Crippen LogP contribution in [0.25, 0.3) is 11.0 Å². The first kappa shape index (κ1) is 20.1. The average molecular weight is 447 g/mol. The van der Waals surface area contributed by atoms with Gasteiger partial charge in [0.2, 0.25) is 11.9 Å². The Hall–Kier alpha value is -2.68. The normalized spacial score (nSPS) is 11.6. The third kappa shape index (κ3) is 4.41. The highest BCUT2D eigenvalue weighted by molar-refractivity contribution is 9.10. The van der Waals surface area contributed by atoms with Gasteiger partial charge in [0.05, 0.1) is 11.7 Å². The number of hydrogen-bond acceptors (Lipinski definition) is 5. The number of benzene rings is 1. The van der Waals surface area contributed by atoms with Gasteiger partial charge in [0.1, 0.15) is 5.39 Å². The van der Waals surface area contributed by atoms with Crippen LogP contribution >= 0.6 is 15.9 Å². The third-order valence-electron chi connectivity index (χ3n) is 4.19. The number of aromatic nitrogens is 4. The summed E-state index contributed by atoms with van der Waals surface area (Å²) in [7, 11) is 0. The molecule has 3 N–H and O–H groups in total. The summed E-state index contributed by atoms with van der Waals surface area (Å²) in [4.78, 5) is 31.6. The SMILES string of the molecule is Cc1ccc(Br)cc1NC(=O)CCNc1nc2c(cnn2C(C)(C)C)c(=O)[nH]1. The van der Waals surface area contributed by atoms with E-state index in [4.69, 9.17) is 0 Å². The van der Waals surface area contributed by atoms with Crippen molar-refractivity contribution in [3.8, 4) is 0 Å². The molecule has 0 unspecified atom stereocenters. The number of aromatic amines is 1. The van der Waals surface area contributed by atoms with Crippen molar-refractivity contribution >= 4 is 44.5 Å². The fraction of sp³-hybridized carbons (Fsp3) is 0.368. The molecule has 148 valence electrons. The zero-order chi connectivity index (χ0) is 20.5. The lowest BCUT2D eigenvalue weighted by Gasteiger charge is -2.19. The first-order chi connectivity index (χ1) is 13.1. The van der Waals surface area contributed by atoms with Crippen LogP contribution in [0.5, 0.6) is 0 Å². The summed E-state index contributed by atoms with van der Waals surface area (Å²) in [5.74, 6) is 0.187. The van der Waals surface area contributed by atoms with Gasteiger partial charge in [0, 0.05) is 23.1 Å². The van der Waals surface area contributed by atoms with E-state index in [0.717, 1.165) is 15.7 Å². The van der Waals surface area contributed by atoms with Crippen molar-refractivity contribution in [2.24, 2.45) is 0 Å². The summed E-state index contributed by atoms with van der Waals surface area (Å²) < 4.78 is 2.61. The Balaban J connectivity index is 1.67. The maximum atomic E-state index is 12.3. The molecule has 0 saturated carbocycles. The molecule has 0 aliphatic carbocycles. The molecule has 0 saturated heterocycles. The van der Waals surface area contributed by atoms with Crippen molar-refractivity contribution in [1.82, 2.24) is 19.7 Å². The van der Waals surface area contributed by atoms with Crippen LogP contribution in [-0.4, -0.2) is 32.2 Å². The van der Waals surface area contributed by atoms with Gasteiger partial charge in [-0.1, -0.05) is 22.0 Å². The molecule has 0 aliphatic rings. The van der Waals surface area contributed by atoms with Gasteiger partial charge < -0.3 is 10.6 Å². The lowest BCUT2D eigenvalue weighted by molar-refractivity contribution is -0.115. The van der Waals surface area contributed by atoms with E-state index in [-0.39, 0.29) is 23.4 Å². The Bertz CT molecular complexity index is 1080. The Morgan fingerprint density at radius 1 is 1.32 bits per heavy atom. The molecule has 1 amide bonds. The third-order valence-corrected chi connectivity index (χ3v) is 4.68. The highest BCUT2D eigenvalue weighted by Gasteiger charge is 2.19. The second kappa shape index (κ2) is 7.75. The Morgan fingerprint density at radius 3 is 2.79 bits per heavy atom. The smallest absolute Gasteiger partial charge is 0.263 e. The van der Waals surface area contributed by atoms with E-state index in [1.807, 2.05) is 45.9 Å². The number of nitrogens with zero attached hydrogens (tertiary/aromatic N) is 3. The van der Waals surface area contributed by atoms with Gasteiger partial charge in [-0.05, 0) is 45.4 Å². The van der Waals surface area contributed by atoms with Crippen LogP contribution < -0.4 is 16.2 Å². The van der Waals surface area contributed by atoms with Gasteiger partial charge >= 0.3 is 0 Å². The first-order valence-corrected chi connectivity index (χ1v) is 9.73. The number of rotatable bonds is 5. The largest absolute Gasteiger partial charge is 0.355 e. The fourth-order valence-corrected chi connectivity index (χ4v) is 3.09. The van der Waals surface area contributed by atoms with E-state index < -0.39 is 0 Å². The van der Waals surface area contributed by atoms with Gasteiger partial charge in [0.25, 0.3) is 5.56 Å². The summed E-state index contributed by atoms with van der Waals surface area (Å²) in [6.07, 6.45) is 1.75. The Kier molecular flexibility index (Phi) is 5.55. The predicted octanol–water partition coefficient (Wildman–Crippen LogP) is 3.39. The Morgan fingerprint density at radius 2 is 2.07 bits per heavy atom. The van der Waals surface area contributed by atoms with Gasteiger partial charge in [-0.15, -0.1) is 0 Å². The molecule has 3 rings (SSSR count). The lowest BCUT2D eigenvalue weighted by atomic mass is 10.1. The second-order valence-corrected chi connectivity index (χ2v) is 8.48. The van der Waals surface area contributed by atoms with Crippen molar-refractivity contribution in [3.05, 3.63) is 44.8 Å². The molecule has 0 spiro atoms. The molecule has 0 aliphatic heterocycles. The molecular formula is C19H23BrN6O2. The first-order valence-electron chi connectivity index (χ1n) is 8.93. The molecule has 2 aromatic heterocycles. The lowest BCUT2D eigenvalue weighted by Crippen LogP contribution is -2.24. The van der Waals surface area contributed by atoms with Gasteiger partial charge in [-0.3, -0.25) is 14.6 Å². The number of carbonyl (C=O) groups is 1. The quantitative estimate of drug-likeness (QED) is 0.556. The van der Waals surface area contributed by atoms with Crippen LogP contribution in [0.2, 0.25) is 0 Å². The standard InChI is InChI=1S/C19H23BrN6O2/c1-11-5-6-12(20)9-14(11)23-15(27)7-8-21-18-24-16-13(17(28)25-18)10-22-26(16)19(2,3)4/h5-6,9-10H,7-8H2,1-4H3,(H,23,27)(H2,21,24,25,28). The molecule has 0 bridgehead atoms. The molecule has 2 heterocycles. The molecule has 28 heavy (non-hydrogen) atoms. The van der Waals surface area contributed by atoms with Gasteiger partial charge in [0.15, 0.2) is 5.65 Å². The van der Waals surface area contributed by atoms with Crippen molar-refractivity contribution in [1.29, 1.82) is 0 Å². The van der Waals surface area contributed by atoms with E-state index in [1.54, 1.807) is 4.68 Å². The van der Waals surface area contributed by atoms with E-state index in [0.29, 0.717) is 23.5 Å². The number of amides is 1. The maximum absolute atomic E-state index is 12.3. The van der Waals surface area contributed by atoms with Crippen LogP contribution in [0.1, 0.15) is 32.8 Å². The van der Waals surface area contributed by atoms with Gasteiger partial charge in [-0.25, -0.2) is 4.68 Å². The zero-order valence-electron chi connectivity index (χ0n) is 16.3. The molecule has 0 fully saturated rings. The highest BCUT2D eigenvalue weighted by atomic mass is 79.9. The zero-order valence-corrected chi connectivity index (χ0v) is 17.8.